The predicted octanol–water partition coefficient (Wildman–Crippen LogP) is 0.452. The molecule has 0 bridgehead atoms. The number of nitrogens with zero attached hydrogens (tertiary/aromatic N) is 2. The third-order valence-electron chi connectivity index (χ3n) is 4.88. The fourth-order valence-corrected chi connectivity index (χ4v) is 4.30. The zero-order chi connectivity index (χ0) is 20.7. The summed E-state index contributed by atoms with van der Waals surface area (Å²) in [5.41, 5.74) is 0.388. The van der Waals surface area contributed by atoms with Crippen molar-refractivity contribution in [1.82, 2.24) is 10.2 Å². The van der Waals surface area contributed by atoms with Crippen molar-refractivity contribution in [3.8, 4) is 11.5 Å². The van der Waals surface area contributed by atoms with Crippen LogP contribution in [0.15, 0.2) is 18.2 Å². The van der Waals surface area contributed by atoms with Gasteiger partial charge in [0, 0.05) is 25.7 Å². The van der Waals surface area contributed by atoms with E-state index in [1.807, 2.05) is 0 Å². The number of ether oxygens (including phenoxy) is 3. The van der Waals surface area contributed by atoms with Crippen LogP contribution in [-0.4, -0.2) is 84.1 Å². The number of nitrogens with one attached hydrogen (secondary N) is 1. The first-order valence-electron chi connectivity index (χ1n) is 9.96. The van der Waals surface area contributed by atoms with Crippen LogP contribution in [-0.2, 0) is 19.6 Å². The minimum atomic E-state index is -3.63. The van der Waals surface area contributed by atoms with Gasteiger partial charge >= 0.3 is 0 Å². The summed E-state index contributed by atoms with van der Waals surface area (Å²) in [6, 6.07) is 4.90. The van der Waals surface area contributed by atoms with Crippen LogP contribution in [0.3, 0.4) is 0 Å². The molecule has 0 aliphatic carbocycles. The van der Waals surface area contributed by atoms with E-state index in [4.69, 9.17) is 14.2 Å². The Hall–Kier alpha value is -2.04. The van der Waals surface area contributed by atoms with E-state index in [9.17, 15) is 13.2 Å². The number of rotatable bonds is 9. The molecule has 1 aromatic rings. The number of carbonyl (C=O) groups is 1. The van der Waals surface area contributed by atoms with Crippen molar-refractivity contribution < 1.29 is 27.4 Å². The Labute approximate surface area is 171 Å². The number of anilines is 1. The monoisotopic (exact) mass is 427 g/mol. The quantitative estimate of drug-likeness (QED) is 0.572. The maximum Gasteiger partial charge on any atom is 0.240 e. The fourth-order valence-electron chi connectivity index (χ4n) is 3.23. The van der Waals surface area contributed by atoms with Gasteiger partial charge in [0.2, 0.25) is 15.9 Å². The summed E-state index contributed by atoms with van der Waals surface area (Å²) in [4.78, 5) is 14.7. The number of carbonyl (C=O) groups excluding carboxylic acids is 1. The van der Waals surface area contributed by atoms with Crippen molar-refractivity contribution in [3.63, 3.8) is 0 Å². The molecule has 1 amide bonds. The van der Waals surface area contributed by atoms with Crippen molar-refractivity contribution in [3.05, 3.63) is 18.2 Å². The molecule has 2 heterocycles. The molecule has 0 spiro atoms. The number of hydrogen-bond donors (Lipinski definition) is 1. The largest absolute Gasteiger partial charge is 0.486 e. The van der Waals surface area contributed by atoms with E-state index in [-0.39, 0.29) is 18.2 Å². The molecule has 2 aliphatic heterocycles. The predicted molar refractivity (Wildman–Crippen MR) is 109 cm³/mol. The maximum absolute atomic E-state index is 12.6. The number of hydrogen-bond acceptors (Lipinski definition) is 7. The molecule has 0 aromatic heterocycles. The molecule has 0 radical (unpaired) electrons. The van der Waals surface area contributed by atoms with Crippen LogP contribution in [0.25, 0.3) is 0 Å². The van der Waals surface area contributed by atoms with E-state index in [1.54, 1.807) is 25.1 Å². The highest BCUT2D eigenvalue weighted by Gasteiger charge is 2.25. The highest BCUT2D eigenvalue weighted by Crippen LogP contribution is 2.34. The zero-order valence-corrected chi connectivity index (χ0v) is 17.6. The molecule has 0 atom stereocenters. The Balaban J connectivity index is 1.58. The number of sulfonamides is 1. The molecule has 0 unspecified atom stereocenters. The Morgan fingerprint density at radius 2 is 1.86 bits per heavy atom. The standard InChI is InChI=1S/C19H29N3O6S/c1-2-29(24,25)22(16-4-5-17-18(14-16)28-13-12-27-17)15-19(23)20-6-3-7-21-8-10-26-11-9-21/h4-5,14H,2-3,6-13,15H2,1H3,(H,20,23). The third kappa shape index (κ3) is 5.97. The van der Waals surface area contributed by atoms with Crippen LogP contribution < -0.4 is 19.1 Å². The van der Waals surface area contributed by atoms with Gasteiger partial charge in [0.25, 0.3) is 0 Å². The molecule has 1 N–H and O–H groups in total. The van der Waals surface area contributed by atoms with Crippen molar-refractivity contribution in [2.24, 2.45) is 0 Å². The maximum atomic E-state index is 12.6. The van der Waals surface area contributed by atoms with Gasteiger partial charge in [0.1, 0.15) is 19.8 Å². The van der Waals surface area contributed by atoms with Gasteiger partial charge in [-0.2, -0.15) is 0 Å². The fraction of sp³-hybridized carbons (Fsp3) is 0.632. The lowest BCUT2D eigenvalue weighted by Gasteiger charge is -2.27. The lowest BCUT2D eigenvalue weighted by molar-refractivity contribution is -0.119. The van der Waals surface area contributed by atoms with Crippen LogP contribution in [0.2, 0.25) is 0 Å². The summed E-state index contributed by atoms with van der Waals surface area (Å²) in [6.07, 6.45) is 0.802. The normalized spacial score (nSPS) is 17.0. The van der Waals surface area contributed by atoms with Crippen LogP contribution >= 0.6 is 0 Å². The number of morpholine rings is 1. The number of benzene rings is 1. The lowest BCUT2D eigenvalue weighted by atomic mass is 10.2. The topological polar surface area (TPSA) is 97.4 Å². The van der Waals surface area contributed by atoms with Crippen molar-refractivity contribution >= 4 is 21.6 Å². The van der Waals surface area contributed by atoms with Crippen molar-refractivity contribution in [2.75, 3.05) is 69.2 Å². The van der Waals surface area contributed by atoms with Crippen LogP contribution in [0, 0.1) is 0 Å². The van der Waals surface area contributed by atoms with E-state index in [2.05, 4.69) is 10.2 Å². The average molecular weight is 428 g/mol. The molecule has 1 fully saturated rings. The third-order valence-corrected chi connectivity index (χ3v) is 6.62. The summed E-state index contributed by atoms with van der Waals surface area (Å²) < 4.78 is 42.7. The number of fused-ring (bicyclic) bond motifs is 1. The molecule has 1 aromatic carbocycles. The summed E-state index contributed by atoms with van der Waals surface area (Å²) >= 11 is 0. The second-order valence-electron chi connectivity index (χ2n) is 6.89. The minimum absolute atomic E-state index is 0.105. The van der Waals surface area contributed by atoms with E-state index in [0.29, 0.717) is 36.9 Å². The van der Waals surface area contributed by atoms with Gasteiger partial charge in [-0.25, -0.2) is 8.42 Å². The van der Waals surface area contributed by atoms with E-state index < -0.39 is 10.0 Å². The van der Waals surface area contributed by atoms with E-state index >= 15 is 0 Å². The van der Waals surface area contributed by atoms with Crippen LogP contribution in [0.1, 0.15) is 13.3 Å². The van der Waals surface area contributed by atoms with Gasteiger partial charge in [-0.15, -0.1) is 0 Å². The lowest BCUT2D eigenvalue weighted by Crippen LogP contribution is -2.42. The van der Waals surface area contributed by atoms with Crippen molar-refractivity contribution in [1.29, 1.82) is 0 Å². The number of amides is 1. The molecule has 3 rings (SSSR count). The summed E-state index contributed by atoms with van der Waals surface area (Å²) in [7, 11) is -3.63. The first-order valence-corrected chi connectivity index (χ1v) is 11.6. The molecule has 0 saturated carbocycles. The van der Waals surface area contributed by atoms with E-state index in [0.717, 1.165) is 43.6 Å². The Morgan fingerprint density at radius 3 is 2.59 bits per heavy atom. The molecule has 162 valence electrons. The van der Waals surface area contributed by atoms with Gasteiger partial charge in [-0.05, 0) is 32.0 Å². The van der Waals surface area contributed by atoms with Gasteiger partial charge < -0.3 is 19.5 Å². The molecule has 9 nitrogen and oxygen atoms in total. The summed E-state index contributed by atoms with van der Waals surface area (Å²) in [5, 5.41) is 2.82. The molecular formula is C19H29N3O6S. The minimum Gasteiger partial charge on any atom is -0.486 e. The molecule has 1 saturated heterocycles. The van der Waals surface area contributed by atoms with Crippen molar-refractivity contribution in [2.45, 2.75) is 13.3 Å². The van der Waals surface area contributed by atoms with Gasteiger partial charge in [-0.3, -0.25) is 14.0 Å². The molecule has 10 heteroatoms. The van der Waals surface area contributed by atoms with E-state index in [1.165, 1.54) is 0 Å². The SMILES string of the molecule is CCS(=O)(=O)N(CC(=O)NCCCN1CCOCC1)c1ccc2c(c1)OCCO2. The first-order chi connectivity index (χ1) is 14.0. The van der Waals surface area contributed by atoms with Gasteiger partial charge in [0.05, 0.1) is 24.7 Å². The average Bonchev–Trinajstić information content (AvgIpc) is 2.75. The smallest absolute Gasteiger partial charge is 0.240 e. The van der Waals surface area contributed by atoms with Gasteiger partial charge in [-0.1, -0.05) is 0 Å². The Kier molecular flexibility index (Phi) is 7.57. The Bertz CT molecular complexity index is 795. The molecular weight excluding hydrogens is 398 g/mol. The molecule has 2 aliphatic rings. The van der Waals surface area contributed by atoms with Crippen LogP contribution in [0.4, 0.5) is 5.69 Å². The summed E-state index contributed by atoms with van der Waals surface area (Å²) in [5.74, 6) is 0.613. The second-order valence-corrected chi connectivity index (χ2v) is 9.07. The van der Waals surface area contributed by atoms with Crippen LogP contribution in [0.5, 0.6) is 11.5 Å². The highest BCUT2D eigenvalue weighted by molar-refractivity contribution is 7.92. The molecule has 29 heavy (non-hydrogen) atoms. The summed E-state index contributed by atoms with van der Waals surface area (Å²) in [6.45, 7) is 6.81. The Morgan fingerprint density at radius 1 is 1.14 bits per heavy atom. The first kappa shape index (κ1) is 21.7. The zero-order valence-electron chi connectivity index (χ0n) is 16.8. The second kappa shape index (κ2) is 10.1. The van der Waals surface area contributed by atoms with Gasteiger partial charge in [0.15, 0.2) is 11.5 Å². The highest BCUT2D eigenvalue weighted by atomic mass is 32.2.